The highest BCUT2D eigenvalue weighted by molar-refractivity contribution is 7.22. The van der Waals surface area contributed by atoms with Gasteiger partial charge in [0, 0.05) is 34.4 Å². The monoisotopic (exact) mass is 458 g/mol. The van der Waals surface area contributed by atoms with Crippen LogP contribution in [0.25, 0.3) is 20.5 Å². The Morgan fingerprint density at radius 3 is 2.52 bits per heavy atom. The Morgan fingerprint density at radius 2 is 1.79 bits per heavy atom. The molecular formula is C28H30N2O2S. The standard InChI is InChI=1S/C28H30N2O2S/c1-29-22-9-7-20(8-10-22)28-25(24-12-11-23(31)17-27(24)33-28)15-19-5-6-21(26(16-19)32-2)18-30-13-3-4-14-30/h5-12,16-17,29,31H,3-4,13-15,18H2,1-2H3. The minimum Gasteiger partial charge on any atom is -0.508 e. The molecule has 2 heterocycles. The lowest BCUT2D eigenvalue weighted by molar-refractivity contribution is 0.321. The van der Waals surface area contributed by atoms with Crippen LogP contribution in [0, 0.1) is 0 Å². The Morgan fingerprint density at radius 1 is 1.00 bits per heavy atom. The summed E-state index contributed by atoms with van der Waals surface area (Å²) in [6.07, 6.45) is 3.40. The lowest BCUT2D eigenvalue weighted by Crippen LogP contribution is -2.18. The summed E-state index contributed by atoms with van der Waals surface area (Å²) in [5.41, 5.74) is 6.07. The summed E-state index contributed by atoms with van der Waals surface area (Å²) in [6, 6.07) is 20.9. The number of aromatic hydroxyl groups is 1. The van der Waals surface area contributed by atoms with Crippen LogP contribution in [0.15, 0.2) is 60.7 Å². The average Bonchev–Trinajstić information content (AvgIpc) is 3.48. The van der Waals surface area contributed by atoms with Crippen molar-refractivity contribution in [3.8, 4) is 21.9 Å². The van der Waals surface area contributed by atoms with Gasteiger partial charge in [0.25, 0.3) is 0 Å². The molecule has 3 aromatic carbocycles. The van der Waals surface area contributed by atoms with Gasteiger partial charge in [-0.3, -0.25) is 4.90 Å². The molecule has 0 aliphatic carbocycles. The number of thiophene rings is 1. The fourth-order valence-electron chi connectivity index (χ4n) is 4.75. The maximum Gasteiger partial charge on any atom is 0.123 e. The lowest BCUT2D eigenvalue weighted by Gasteiger charge is -2.18. The molecule has 0 saturated carbocycles. The van der Waals surface area contributed by atoms with E-state index in [-0.39, 0.29) is 0 Å². The van der Waals surface area contributed by atoms with E-state index in [4.69, 9.17) is 4.74 Å². The van der Waals surface area contributed by atoms with Gasteiger partial charge in [-0.15, -0.1) is 11.3 Å². The number of rotatable bonds is 7. The lowest BCUT2D eigenvalue weighted by atomic mass is 9.97. The van der Waals surface area contributed by atoms with E-state index in [1.165, 1.54) is 58.4 Å². The van der Waals surface area contributed by atoms with Crippen LogP contribution in [0.2, 0.25) is 0 Å². The minimum absolute atomic E-state index is 0.306. The number of methoxy groups -OCH3 is 1. The summed E-state index contributed by atoms with van der Waals surface area (Å²) in [5, 5.41) is 14.4. The fraction of sp³-hybridized carbons (Fsp3) is 0.286. The summed E-state index contributed by atoms with van der Waals surface area (Å²) < 4.78 is 6.90. The Kier molecular flexibility index (Phi) is 6.25. The minimum atomic E-state index is 0.306. The Labute approximate surface area is 199 Å². The molecule has 0 bridgehead atoms. The van der Waals surface area contributed by atoms with Crippen molar-refractivity contribution in [3.05, 3.63) is 77.4 Å². The van der Waals surface area contributed by atoms with Gasteiger partial charge in [0.2, 0.25) is 0 Å². The van der Waals surface area contributed by atoms with Crippen LogP contribution in [-0.4, -0.2) is 37.3 Å². The second-order valence-corrected chi connectivity index (χ2v) is 9.78. The number of nitrogens with zero attached hydrogens (tertiary/aromatic N) is 1. The van der Waals surface area contributed by atoms with Crippen LogP contribution >= 0.6 is 11.3 Å². The molecule has 1 aliphatic rings. The van der Waals surface area contributed by atoms with Gasteiger partial charge >= 0.3 is 0 Å². The molecule has 2 N–H and O–H groups in total. The number of hydrogen-bond donors (Lipinski definition) is 2. The van der Waals surface area contributed by atoms with Crippen LogP contribution in [0.3, 0.4) is 0 Å². The summed E-state index contributed by atoms with van der Waals surface area (Å²) >= 11 is 1.74. The number of nitrogens with one attached hydrogen (secondary N) is 1. The fourth-order valence-corrected chi connectivity index (χ4v) is 6.01. The zero-order valence-electron chi connectivity index (χ0n) is 19.2. The second kappa shape index (κ2) is 9.46. The number of anilines is 1. The van der Waals surface area contributed by atoms with Crippen molar-refractivity contribution in [2.24, 2.45) is 0 Å². The molecule has 0 atom stereocenters. The third-order valence-electron chi connectivity index (χ3n) is 6.54. The first-order valence-electron chi connectivity index (χ1n) is 11.6. The number of ether oxygens (including phenoxy) is 1. The molecule has 0 radical (unpaired) electrons. The predicted molar refractivity (Wildman–Crippen MR) is 139 cm³/mol. The van der Waals surface area contributed by atoms with Gasteiger partial charge in [-0.2, -0.15) is 0 Å². The first-order valence-corrected chi connectivity index (χ1v) is 12.4. The largest absolute Gasteiger partial charge is 0.508 e. The summed E-state index contributed by atoms with van der Waals surface area (Å²) in [6.45, 7) is 3.30. The van der Waals surface area contributed by atoms with Crippen molar-refractivity contribution < 1.29 is 9.84 Å². The zero-order valence-corrected chi connectivity index (χ0v) is 20.0. The van der Waals surface area contributed by atoms with Gasteiger partial charge < -0.3 is 15.2 Å². The van der Waals surface area contributed by atoms with Gasteiger partial charge in [0.1, 0.15) is 11.5 Å². The number of likely N-dealkylation sites (tertiary alicyclic amines) is 1. The third kappa shape index (κ3) is 4.56. The second-order valence-electron chi connectivity index (χ2n) is 8.72. The smallest absolute Gasteiger partial charge is 0.123 e. The number of hydrogen-bond acceptors (Lipinski definition) is 5. The van der Waals surface area contributed by atoms with Crippen LogP contribution in [-0.2, 0) is 13.0 Å². The first-order chi connectivity index (χ1) is 16.1. The van der Waals surface area contributed by atoms with Gasteiger partial charge in [-0.1, -0.05) is 24.3 Å². The number of fused-ring (bicyclic) bond motifs is 1. The zero-order chi connectivity index (χ0) is 22.8. The Hall–Kier alpha value is -3.02. The van der Waals surface area contributed by atoms with Crippen molar-refractivity contribution in [3.63, 3.8) is 0 Å². The van der Waals surface area contributed by atoms with Gasteiger partial charge in [0.15, 0.2) is 0 Å². The average molecular weight is 459 g/mol. The summed E-state index contributed by atoms with van der Waals surface area (Å²) in [4.78, 5) is 3.75. The quantitative estimate of drug-likeness (QED) is 0.331. The van der Waals surface area contributed by atoms with E-state index in [1.54, 1.807) is 24.5 Å². The van der Waals surface area contributed by atoms with Crippen LogP contribution in [0.1, 0.15) is 29.5 Å². The van der Waals surface area contributed by atoms with E-state index in [1.807, 2.05) is 19.2 Å². The van der Waals surface area contributed by atoms with Crippen molar-refractivity contribution in [1.29, 1.82) is 0 Å². The van der Waals surface area contributed by atoms with E-state index in [2.05, 4.69) is 52.7 Å². The molecule has 1 fully saturated rings. The van der Waals surface area contributed by atoms with E-state index < -0.39 is 0 Å². The molecule has 1 aliphatic heterocycles. The molecule has 1 saturated heterocycles. The molecule has 0 amide bonds. The van der Waals surface area contributed by atoms with E-state index >= 15 is 0 Å². The van der Waals surface area contributed by atoms with E-state index in [0.29, 0.717) is 5.75 Å². The van der Waals surface area contributed by atoms with Crippen molar-refractivity contribution in [2.75, 3.05) is 32.6 Å². The number of phenols is 1. The SMILES string of the molecule is CNc1ccc(-c2sc3cc(O)ccc3c2Cc2ccc(CN3CCCC3)c(OC)c2)cc1. The molecule has 5 rings (SSSR count). The third-order valence-corrected chi connectivity index (χ3v) is 7.78. The summed E-state index contributed by atoms with van der Waals surface area (Å²) in [7, 11) is 3.70. The molecule has 0 unspecified atom stereocenters. The highest BCUT2D eigenvalue weighted by Crippen LogP contribution is 2.41. The normalized spacial score (nSPS) is 14.1. The summed E-state index contributed by atoms with van der Waals surface area (Å²) in [5.74, 6) is 1.27. The van der Waals surface area contributed by atoms with E-state index in [9.17, 15) is 5.11 Å². The van der Waals surface area contributed by atoms with E-state index in [0.717, 1.165) is 29.1 Å². The van der Waals surface area contributed by atoms with Crippen molar-refractivity contribution in [1.82, 2.24) is 4.90 Å². The molecule has 4 nitrogen and oxygen atoms in total. The number of benzene rings is 3. The highest BCUT2D eigenvalue weighted by Gasteiger charge is 2.18. The van der Waals surface area contributed by atoms with Crippen LogP contribution in [0.4, 0.5) is 5.69 Å². The van der Waals surface area contributed by atoms with Gasteiger partial charge in [-0.25, -0.2) is 0 Å². The molecule has 33 heavy (non-hydrogen) atoms. The Bertz CT molecular complexity index is 1260. The van der Waals surface area contributed by atoms with Crippen LogP contribution in [0.5, 0.6) is 11.5 Å². The molecule has 4 aromatic rings. The van der Waals surface area contributed by atoms with Gasteiger partial charge in [0.05, 0.1) is 7.11 Å². The van der Waals surface area contributed by atoms with Gasteiger partial charge in [-0.05, 0) is 90.8 Å². The Balaban J connectivity index is 1.52. The topological polar surface area (TPSA) is 44.7 Å². The maximum absolute atomic E-state index is 10.1. The molecule has 170 valence electrons. The molecule has 5 heteroatoms. The van der Waals surface area contributed by atoms with Crippen molar-refractivity contribution >= 4 is 27.1 Å². The molecule has 0 spiro atoms. The van der Waals surface area contributed by atoms with Crippen molar-refractivity contribution in [2.45, 2.75) is 25.8 Å². The molecular weight excluding hydrogens is 428 g/mol. The predicted octanol–water partition coefficient (Wildman–Crippen LogP) is 6.51. The van der Waals surface area contributed by atoms with Crippen LogP contribution < -0.4 is 10.1 Å². The highest BCUT2D eigenvalue weighted by atomic mass is 32.1. The number of phenolic OH excluding ortho intramolecular Hbond substituents is 1. The molecule has 1 aromatic heterocycles. The maximum atomic E-state index is 10.1. The first kappa shape index (κ1) is 21.8.